The molecule has 2 N–H and O–H groups in total. The first-order valence-corrected chi connectivity index (χ1v) is 7.59. The monoisotopic (exact) mass is 302 g/mol. The minimum Gasteiger partial charge on any atom is -0.494 e. The number of hydrogen-bond acceptors (Lipinski definition) is 5. The highest BCUT2D eigenvalue weighted by molar-refractivity contribution is 7.11. The smallest absolute Gasteiger partial charge is 0.201 e. The molecule has 0 aliphatic rings. The molecule has 110 valence electrons. The predicted octanol–water partition coefficient (Wildman–Crippen LogP) is 3.31. The number of methoxy groups -OCH3 is 1. The first-order valence-electron chi connectivity index (χ1n) is 6.77. The maximum Gasteiger partial charge on any atom is 0.201 e. The molecule has 0 saturated carbocycles. The predicted molar refractivity (Wildman–Crippen MR) is 86.1 cm³/mol. The van der Waals surface area contributed by atoms with Crippen LogP contribution in [0.4, 0.5) is 5.95 Å². The van der Waals surface area contributed by atoms with Gasteiger partial charge >= 0.3 is 0 Å². The second-order valence-corrected chi connectivity index (χ2v) is 6.26. The lowest BCUT2D eigenvalue weighted by atomic mass is 10.2. The van der Waals surface area contributed by atoms with E-state index in [1.165, 1.54) is 4.88 Å². The molecule has 1 atom stereocenters. The molecule has 21 heavy (non-hydrogen) atoms. The quantitative estimate of drug-likeness (QED) is 0.806. The van der Waals surface area contributed by atoms with Crippen molar-refractivity contribution in [3.8, 4) is 5.75 Å². The Hall–Kier alpha value is -2.08. The second kappa shape index (κ2) is 5.04. The van der Waals surface area contributed by atoms with Gasteiger partial charge in [-0.25, -0.2) is 9.97 Å². The average molecular weight is 302 g/mol. The standard InChI is InChI=1S/C15H18N4OS/c1-8-14(21-10(3)17-8)9(2)19-11-6-5-7-12(20-4)13(11)18-15(19)16/h5-7,9H,1-4H3,(H2,16,18). The van der Waals surface area contributed by atoms with Crippen molar-refractivity contribution < 1.29 is 4.74 Å². The molecule has 3 aromatic rings. The molecule has 0 amide bonds. The first kappa shape index (κ1) is 13.9. The van der Waals surface area contributed by atoms with Gasteiger partial charge in [0.05, 0.1) is 34.2 Å². The average Bonchev–Trinajstić information content (AvgIpc) is 2.96. The van der Waals surface area contributed by atoms with Gasteiger partial charge in [0, 0.05) is 0 Å². The van der Waals surface area contributed by atoms with Gasteiger partial charge in [-0.2, -0.15) is 0 Å². The molecule has 2 heterocycles. The zero-order valence-corrected chi connectivity index (χ0v) is 13.4. The zero-order valence-electron chi connectivity index (χ0n) is 12.5. The number of rotatable bonds is 3. The molecule has 3 rings (SSSR count). The van der Waals surface area contributed by atoms with Crippen LogP contribution in [0.5, 0.6) is 5.75 Å². The van der Waals surface area contributed by atoms with Crippen LogP contribution >= 0.6 is 11.3 Å². The Morgan fingerprint density at radius 1 is 1.29 bits per heavy atom. The largest absolute Gasteiger partial charge is 0.494 e. The van der Waals surface area contributed by atoms with Crippen LogP contribution in [0.2, 0.25) is 0 Å². The van der Waals surface area contributed by atoms with E-state index in [0.717, 1.165) is 27.5 Å². The van der Waals surface area contributed by atoms with Gasteiger partial charge in [-0.15, -0.1) is 11.3 Å². The normalized spacial score (nSPS) is 12.8. The van der Waals surface area contributed by atoms with E-state index in [4.69, 9.17) is 10.5 Å². The van der Waals surface area contributed by atoms with E-state index in [0.29, 0.717) is 5.95 Å². The van der Waals surface area contributed by atoms with Gasteiger partial charge < -0.3 is 15.0 Å². The van der Waals surface area contributed by atoms with Gasteiger partial charge in [-0.3, -0.25) is 0 Å². The summed E-state index contributed by atoms with van der Waals surface area (Å²) in [6, 6.07) is 5.96. The van der Waals surface area contributed by atoms with Crippen LogP contribution in [0.1, 0.15) is 28.5 Å². The Balaban J connectivity index is 2.20. The van der Waals surface area contributed by atoms with Crippen LogP contribution in [0, 0.1) is 13.8 Å². The summed E-state index contributed by atoms with van der Waals surface area (Å²) in [7, 11) is 1.64. The summed E-state index contributed by atoms with van der Waals surface area (Å²) in [4.78, 5) is 10.2. The molecule has 1 aromatic carbocycles. The molecule has 0 aliphatic carbocycles. The number of thiazole rings is 1. The molecular formula is C15H18N4OS. The molecule has 6 heteroatoms. The number of aromatic nitrogens is 3. The Labute approximate surface area is 127 Å². The van der Waals surface area contributed by atoms with Crippen molar-refractivity contribution in [3.63, 3.8) is 0 Å². The summed E-state index contributed by atoms with van der Waals surface area (Å²) in [5.41, 5.74) is 8.97. The molecule has 0 radical (unpaired) electrons. The number of hydrogen-bond donors (Lipinski definition) is 1. The van der Waals surface area contributed by atoms with E-state index in [-0.39, 0.29) is 6.04 Å². The maximum atomic E-state index is 6.15. The van der Waals surface area contributed by atoms with Crippen LogP contribution in [-0.4, -0.2) is 21.6 Å². The van der Waals surface area contributed by atoms with Crippen molar-refractivity contribution >= 4 is 28.3 Å². The fourth-order valence-corrected chi connectivity index (χ4v) is 3.70. The third-order valence-electron chi connectivity index (χ3n) is 3.64. The third-order valence-corrected chi connectivity index (χ3v) is 4.88. The fourth-order valence-electron chi connectivity index (χ4n) is 2.73. The van der Waals surface area contributed by atoms with Crippen molar-refractivity contribution in [2.45, 2.75) is 26.8 Å². The lowest BCUT2D eigenvalue weighted by molar-refractivity contribution is 0.419. The van der Waals surface area contributed by atoms with E-state index in [2.05, 4.69) is 16.9 Å². The lowest BCUT2D eigenvalue weighted by Crippen LogP contribution is -2.09. The Kier molecular flexibility index (Phi) is 3.33. The summed E-state index contributed by atoms with van der Waals surface area (Å²) in [5.74, 6) is 1.23. The number of nitrogens with zero attached hydrogens (tertiary/aromatic N) is 3. The first-order chi connectivity index (χ1) is 10.0. The number of imidazole rings is 1. The fraction of sp³-hybridized carbons (Fsp3) is 0.333. The topological polar surface area (TPSA) is 66.0 Å². The van der Waals surface area contributed by atoms with Crippen molar-refractivity contribution in [1.82, 2.24) is 14.5 Å². The van der Waals surface area contributed by atoms with Crippen LogP contribution < -0.4 is 10.5 Å². The van der Waals surface area contributed by atoms with Crippen LogP contribution in [-0.2, 0) is 0 Å². The molecule has 0 aliphatic heterocycles. The molecule has 0 fully saturated rings. The second-order valence-electron chi connectivity index (χ2n) is 5.03. The van der Waals surface area contributed by atoms with Crippen molar-refractivity contribution in [2.24, 2.45) is 0 Å². The summed E-state index contributed by atoms with van der Waals surface area (Å²) in [5, 5.41) is 1.06. The Bertz CT molecular complexity index is 805. The van der Waals surface area contributed by atoms with Gasteiger partial charge in [0.1, 0.15) is 11.3 Å². The molecule has 1 unspecified atom stereocenters. The Morgan fingerprint density at radius 3 is 2.67 bits per heavy atom. The molecule has 2 aromatic heterocycles. The molecule has 0 saturated heterocycles. The summed E-state index contributed by atoms with van der Waals surface area (Å²) in [6.45, 7) is 6.18. The zero-order chi connectivity index (χ0) is 15.1. The minimum atomic E-state index is 0.0910. The van der Waals surface area contributed by atoms with E-state index >= 15 is 0 Å². The van der Waals surface area contributed by atoms with E-state index in [1.54, 1.807) is 18.4 Å². The summed E-state index contributed by atoms with van der Waals surface area (Å²) < 4.78 is 7.41. The number of ether oxygens (including phenoxy) is 1. The van der Waals surface area contributed by atoms with Crippen molar-refractivity contribution in [3.05, 3.63) is 33.8 Å². The Morgan fingerprint density at radius 2 is 2.05 bits per heavy atom. The van der Waals surface area contributed by atoms with Gasteiger partial charge in [0.25, 0.3) is 0 Å². The number of nitrogens with two attached hydrogens (primary N) is 1. The van der Waals surface area contributed by atoms with Crippen molar-refractivity contribution in [1.29, 1.82) is 0 Å². The molecule has 0 spiro atoms. The number of anilines is 1. The van der Waals surface area contributed by atoms with E-state index in [1.807, 2.05) is 36.6 Å². The number of fused-ring (bicyclic) bond motifs is 1. The highest BCUT2D eigenvalue weighted by Crippen LogP contribution is 2.34. The molecule has 0 bridgehead atoms. The van der Waals surface area contributed by atoms with E-state index in [9.17, 15) is 0 Å². The molecule has 5 nitrogen and oxygen atoms in total. The van der Waals surface area contributed by atoms with Crippen molar-refractivity contribution in [2.75, 3.05) is 12.8 Å². The maximum absolute atomic E-state index is 6.15. The van der Waals surface area contributed by atoms with E-state index < -0.39 is 0 Å². The van der Waals surface area contributed by atoms with Gasteiger partial charge in [0.2, 0.25) is 5.95 Å². The highest BCUT2D eigenvalue weighted by atomic mass is 32.1. The van der Waals surface area contributed by atoms with Gasteiger partial charge in [-0.1, -0.05) is 6.07 Å². The SMILES string of the molecule is COc1cccc2c1nc(N)n2C(C)c1sc(C)nc1C. The lowest BCUT2D eigenvalue weighted by Gasteiger charge is -2.15. The number of aryl methyl sites for hydroxylation is 2. The molecular weight excluding hydrogens is 284 g/mol. The minimum absolute atomic E-state index is 0.0910. The van der Waals surface area contributed by atoms with Crippen LogP contribution in [0.3, 0.4) is 0 Å². The third kappa shape index (κ3) is 2.15. The van der Waals surface area contributed by atoms with Crippen LogP contribution in [0.15, 0.2) is 18.2 Å². The van der Waals surface area contributed by atoms with Gasteiger partial charge in [0.15, 0.2) is 0 Å². The number of benzene rings is 1. The summed E-state index contributed by atoms with van der Waals surface area (Å²) in [6.07, 6.45) is 0. The number of nitrogen functional groups attached to an aromatic ring is 1. The highest BCUT2D eigenvalue weighted by Gasteiger charge is 2.21. The number of para-hydroxylation sites is 1. The van der Waals surface area contributed by atoms with Gasteiger partial charge in [-0.05, 0) is 32.9 Å². The summed E-state index contributed by atoms with van der Waals surface area (Å²) >= 11 is 1.70. The van der Waals surface area contributed by atoms with Crippen LogP contribution in [0.25, 0.3) is 11.0 Å².